The minimum atomic E-state index is -0.271. The van der Waals surface area contributed by atoms with Crippen LogP contribution in [0.1, 0.15) is 22.4 Å². The third-order valence-electron chi connectivity index (χ3n) is 6.81. The zero-order chi connectivity index (χ0) is 22.1. The molecule has 0 bridgehead atoms. The summed E-state index contributed by atoms with van der Waals surface area (Å²) >= 11 is 1.68. The van der Waals surface area contributed by atoms with Crippen LogP contribution in [-0.4, -0.2) is 71.8 Å². The van der Waals surface area contributed by atoms with E-state index in [4.69, 9.17) is 4.74 Å². The molecule has 1 unspecified atom stereocenters. The van der Waals surface area contributed by atoms with Crippen molar-refractivity contribution in [3.05, 3.63) is 62.8 Å². The highest BCUT2D eigenvalue weighted by Gasteiger charge is 2.30. The van der Waals surface area contributed by atoms with Crippen LogP contribution in [-0.2, 0) is 24.1 Å². The highest BCUT2D eigenvalue weighted by Crippen LogP contribution is 2.35. The standard InChI is InChI=1S/C24H29FN4O2S/c1-31-13-12-27-8-10-28(11-9-27)19-6-7-20-21(14-19)32-23-22(20)24(30)29(16-26-23)15-17-2-4-18(25)5-3-17/h2-5,16,19H,6-15H2,1H3. The predicted octanol–water partition coefficient (Wildman–Crippen LogP) is 2.77. The van der Waals surface area contributed by atoms with E-state index in [0.29, 0.717) is 12.6 Å². The Morgan fingerprint density at radius 3 is 2.72 bits per heavy atom. The average Bonchev–Trinajstić information content (AvgIpc) is 3.20. The predicted molar refractivity (Wildman–Crippen MR) is 125 cm³/mol. The quantitative estimate of drug-likeness (QED) is 0.571. The number of hydrogen-bond acceptors (Lipinski definition) is 6. The Hall–Kier alpha value is -2.13. The van der Waals surface area contributed by atoms with Crippen molar-refractivity contribution in [2.75, 3.05) is 46.4 Å². The first-order valence-electron chi connectivity index (χ1n) is 11.3. The number of aromatic nitrogens is 2. The van der Waals surface area contributed by atoms with Crippen molar-refractivity contribution in [2.45, 2.75) is 31.8 Å². The molecule has 1 aliphatic heterocycles. The number of fused-ring (bicyclic) bond motifs is 3. The van der Waals surface area contributed by atoms with E-state index < -0.39 is 0 Å². The first-order chi connectivity index (χ1) is 15.6. The van der Waals surface area contributed by atoms with E-state index in [1.165, 1.54) is 22.6 Å². The number of halogens is 1. The van der Waals surface area contributed by atoms with E-state index in [1.54, 1.807) is 41.5 Å². The fourth-order valence-electron chi connectivity index (χ4n) is 4.97. The van der Waals surface area contributed by atoms with Crippen molar-refractivity contribution in [3.63, 3.8) is 0 Å². The Labute approximate surface area is 191 Å². The van der Waals surface area contributed by atoms with Gasteiger partial charge in [0, 0.05) is 50.8 Å². The molecule has 0 saturated carbocycles. The maximum Gasteiger partial charge on any atom is 0.262 e. The SMILES string of the molecule is COCCN1CCN(C2CCc3c(sc4ncn(Cc5ccc(F)cc5)c(=O)c34)C2)CC1. The second-order valence-electron chi connectivity index (χ2n) is 8.76. The topological polar surface area (TPSA) is 50.6 Å². The molecule has 1 atom stereocenters. The molecule has 0 N–H and O–H groups in total. The number of piperazine rings is 1. The molecular weight excluding hydrogens is 427 g/mol. The highest BCUT2D eigenvalue weighted by molar-refractivity contribution is 7.18. The number of hydrogen-bond donors (Lipinski definition) is 0. The van der Waals surface area contributed by atoms with Crippen LogP contribution in [0.4, 0.5) is 4.39 Å². The largest absolute Gasteiger partial charge is 0.383 e. The summed E-state index contributed by atoms with van der Waals surface area (Å²) in [4.78, 5) is 25.1. The van der Waals surface area contributed by atoms with Crippen molar-refractivity contribution >= 4 is 21.6 Å². The fraction of sp³-hybridized carbons (Fsp3) is 0.500. The number of methoxy groups -OCH3 is 1. The summed E-state index contributed by atoms with van der Waals surface area (Å²) in [6.45, 7) is 6.58. The summed E-state index contributed by atoms with van der Waals surface area (Å²) in [5.41, 5.74) is 2.11. The highest BCUT2D eigenvalue weighted by atomic mass is 32.1. The zero-order valence-electron chi connectivity index (χ0n) is 18.4. The van der Waals surface area contributed by atoms with E-state index in [1.807, 2.05) is 0 Å². The van der Waals surface area contributed by atoms with Crippen molar-refractivity contribution in [3.8, 4) is 0 Å². The Bertz CT molecular complexity index is 1140. The molecule has 6 nitrogen and oxygen atoms in total. The molecule has 5 rings (SSSR count). The first kappa shape index (κ1) is 21.7. The van der Waals surface area contributed by atoms with Gasteiger partial charge < -0.3 is 4.74 Å². The Morgan fingerprint density at radius 2 is 1.97 bits per heavy atom. The van der Waals surface area contributed by atoms with Gasteiger partial charge in [-0.3, -0.25) is 19.2 Å². The smallest absolute Gasteiger partial charge is 0.262 e. The van der Waals surface area contributed by atoms with Gasteiger partial charge in [-0.1, -0.05) is 12.1 Å². The second-order valence-corrected chi connectivity index (χ2v) is 9.84. The van der Waals surface area contributed by atoms with Gasteiger partial charge >= 0.3 is 0 Å². The summed E-state index contributed by atoms with van der Waals surface area (Å²) in [6, 6.07) is 6.83. The number of rotatable bonds is 6. The minimum absolute atomic E-state index is 0.0158. The molecule has 0 radical (unpaired) electrons. The maximum atomic E-state index is 13.3. The summed E-state index contributed by atoms with van der Waals surface area (Å²) in [6.07, 6.45) is 4.66. The maximum absolute atomic E-state index is 13.3. The van der Waals surface area contributed by atoms with Crippen LogP contribution in [0.2, 0.25) is 0 Å². The molecule has 1 saturated heterocycles. The normalized spacial score (nSPS) is 20.0. The molecule has 32 heavy (non-hydrogen) atoms. The molecule has 170 valence electrons. The van der Waals surface area contributed by atoms with Crippen molar-refractivity contribution in [1.82, 2.24) is 19.4 Å². The molecule has 1 aromatic carbocycles. The van der Waals surface area contributed by atoms with Crippen LogP contribution < -0.4 is 5.56 Å². The number of nitrogens with zero attached hydrogens (tertiary/aromatic N) is 4. The number of ether oxygens (including phenoxy) is 1. The van der Waals surface area contributed by atoms with Crippen molar-refractivity contribution in [1.29, 1.82) is 0 Å². The van der Waals surface area contributed by atoms with Crippen LogP contribution in [0.15, 0.2) is 35.4 Å². The number of benzene rings is 1. The molecule has 0 spiro atoms. The van der Waals surface area contributed by atoms with Crippen molar-refractivity contribution < 1.29 is 9.13 Å². The van der Waals surface area contributed by atoms with Gasteiger partial charge in [0.25, 0.3) is 5.56 Å². The van der Waals surface area contributed by atoms with Gasteiger partial charge in [0.2, 0.25) is 0 Å². The lowest BCUT2D eigenvalue weighted by Crippen LogP contribution is -2.52. The van der Waals surface area contributed by atoms with Gasteiger partial charge in [0.15, 0.2) is 0 Å². The number of thiophene rings is 1. The third kappa shape index (κ3) is 4.37. The van der Waals surface area contributed by atoms with Gasteiger partial charge in [-0.05, 0) is 42.5 Å². The minimum Gasteiger partial charge on any atom is -0.383 e. The van der Waals surface area contributed by atoms with Crippen molar-refractivity contribution in [2.24, 2.45) is 0 Å². The first-order valence-corrected chi connectivity index (χ1v) is 12.1. The average molecular weight is 457 g/mol. The van der Waals surface area contributed by atoms with E-state index in [2.05, 4.69) is 14.8 Å². The van der Waals surface area contributed by atoms with Crippen LogP contribution in [0.25, 0.3) is 10.2 Å². The van der Waals surface area contributed by atoms with Gasteiger partial charge in [0.1, 0.15) is 10.6 Å². The lowest BCUT2D eigenvalue weighted by atomic mass is 9.91. The van der Waals surface area contributed by atoms with Crippen LogP contribution >= 0.6 is 11.3 Å². The van der Waals surface area contributed by atoms with Crippen LogP contribution in [0.5, 0.6) is 0 Å². The monoisotopic (exact) mass is 456 g/mol. The molecule has 1 fully saturated rings. The second kappa shape index (κ2) is 9.39. The van der Waals surface area contributed by atoms with E-state index in [0.717, 1.165) is 74.4 Å². The zero-order valence-corrected chi connectivity index (χ0v) is 19.2. The summed E-state index contributed by atoms with van der Waals surface area (Å²) in [7, 11) is 1.76. The lowest BCUT2D eigenvalue weighted by molar-refractivity contribution is 0.0707. The van der Waals surface area contributed by atoms with E-state index >= 15 is 0 Å². The molecule has 3 aromatic rings. The molecular formula is C24H29FN4O2S. The molecule has 2 aliphatic rings. The van der Waals surface area contributed by atoms with Gasteiger partial charge in [-0.25, -0.2) is 9.37 Å². The lowest BCUT2D eigenvalue weighted by Gasteiger charge is -2.40. The molecule has 1 aliphatic carbocycles. The molecule has 2 aromatic heterocycles. The molecule has 8 heteroatoms. The fourth-order valence-corrected chi connectivity index (χ4v) is 6.22. The summed E-state index contributed by atoms with van der Waals surface area (Å²) in [5.74, 6) is -0.271. The Morgan fingerprint density at radius 1 is 1.19 bits per heavy atom. The summed E-state index contributed by atoms with van der Waals surface area (Å²) in [5, 5.41) is 0.789. The van der Waals surface area contributed by atoms with Gasteiger partial charge in [0.05, 0.1) is 24.9 Å². The third-order valence-corrected chi connectivity index (χ3v) is 7.97. The van der Waals surface area contributed by atoms with E-state index in [-0.39, 0.29) is 11.4 Å². The Kier molecular flexibility index (Phi) is 6.37. The number of aryl methyl sites for hydroxylation is 1. The van der Waals surface area contributed by atoms with Gasteiger partial charge in [-0.2, -0.15) is 0 Å². The van der Waals surface area contributed by atoms with E-state index in [9.17, 15) is 9.18 Å². The van der Waals surface area contributed by atoms with Gasteiger partial charge in [-0.15, -0.1) is 11.3 Å². The summed E-state index contributed by atoms with van der Waals surface area (Å²) < 4.78 is 20.1. The van der Waals surface area contributed by atoms with Crippen LogP contribution in [0.3, 0.4) is 0 Å². The van der Waals surface area contributed by atoms with Crippen LogP contribution in [0, 0.1) is 5.82 Å². The molecule has 3 heterocycles. The Balaban J connectivity index is 1.32. The molecule has 0 amide bonds.